The minimum atomic E-state index is 0.210. The second kappa shape index (κ2) is 7.37. The Balaban J connectivity index is 1.52. The van der Waals surface area contributed by atoms with E-state index >= 15 is 0 Å². The van der Waals surface area contributed by atoms with Gasteiger partial charge in [0.05, 0.1) is 11.8 Å². The Hall–Kier alpha value is -1.09. The SMILES string of the molecule is O=C(CCCCCN1CCCCC1)c1ccoc1. The molecule has 1 aliphatic rings. The fraction of sp³-hybridized carbons (Fsp3) is 0.667. The quantitative estimate of drug-likeness (QED) is 0.547. The van der Waals surface area contributed by atoms with Crippen molar-refractivity contribution in [1.29, 1.82) is 0 Å². The predicted molar refractivity (Wildman–Crippen MR) is 71.8 cm³/mol. The van der Waals surface area contributed by atoms with E-state index in [0.717, 1.165) is 12.8 Å². The van der Waals surface area contributed by atoms with Gasteiger partial charge in [0.15, 0.2) is 5.78 Å². The van der Waals surface area contributed by atoms with Gasteiger partial charge in [0.2, 0.25) is 0 Å². The molecule has 1 aromatic heterocycles. The summed E-state index contributed by atoms with van der Waals surface area (Å²) in [6.45, 7) is 3.75. The smallest absolute Gasteiger partial charge is 0.166 e. The number of unbranched alkanes of at least 4 members (excludes halogenated alkanes) is 2. The highest BCUT2D eigenvalue weighted by molar-refractivity contribution is 5.95. The Morgan fingerprint density at radius 1 is 1.17 bits per heavy atom. The Kier molecular flexibility index (Phi) is 5.46. The summed E-state index contributed by atoms with van der Waals surface area (Å²) in [4.78, 5) is 14.3. The van der Waals surface area contributed by atoms with Crippen LogP contribution in [0.4, 0.5) is 0 Å². The lowest BCUT2D eigenvalue weighted by Crippen LogP contribution is -2.30. The van der Waals surface area contributed by atoms with Crippen LogP contribution in [-0.4, -0.2) is 30.3 Å². The number of furan rings is 1. The molecule has 0 aromatic carbocycles. The molecule has 0 radical (unpaired) electrons. The van der Waals surface area contributed by atoms with Gasteiger partial charge >= 0.3 is 0 Å². The first-order chi connectivity index (χ1) is 8.86. The van der Waals surface area contributed by atoms with Crippen LogP contribution in [-0.2, 0) is 0 Å². The maximum Gasteiger partial charge on any atom is 0.166 e. The number of carbonyl (C=O) groups excluding carboxylic acids is 1. The van der Waals surface area contributed by atoms with Gasteiger partial charge in [0.25, 0.3) is 0 Å². The number of likely N-dealkylation sites (tertiary alicyclic amines) is 1. The number of carbonyl (C=O) groups is 1. The summed E-state index contributed by atoms with van der Waals surface area (Å²) in [7, 11) is 0. The molecular weight excluding hydrogens is 226 g/mol. The first-order valence-electron chi connectivity index (χ1n) is 7.14. The minimum absolute atomic E-state index is 0.210. The van der Waals surface area contributed by atoms with Crippen molar-refractivity contribution >= 4 is 5.78 Å². The van der Waals surface area contributed by atoms with E-state index in [1.807, 2.05) is 0 Å². The molecule has 3 nitrogen and oxygen atoms in total. The third-order valence-electron chi connectivity index (χ3n) is 3.67. The van der Waals surface area contributed by atoms with Crippen LogP contribution in [0.25, 0.3) is 0 Å². The van der Waals surface area contributed by atoms with Gasteiger partial charge in [0.1, 0.15) is 6.26 Å². The average molecular weight is 249 g/mol. The number of rotatable bonds is 7. The van der Waals surface area contributed by atoms with Crippen LogP contribution < -0.4 is 0 Å². The molecule has 0 N–H and O–H groups in total. The molecule has 1 aliphatic heterocycles. The Bertz CT molecular complexity index is 339. The maximum absolute atomic E-state index is 11.7. The van der Waals surface area contributed by atoms with Crippen LogP contribution in [0.15, 0.2) is 23.0 Å². The van der Waals surface area contributed by atoms with Gasteiger partial charge in [0, 0.05) is 6.42 Å². The molecule has 0 amide bonds. The van der Waals surface area contributed by atoms with Crippen LogP contribution in [0, 0.1) is 0 Å². The monoisotopic (exact) mass is 249 g/mol. The molecule has 0 bridgehead atoms. The highest BCUT2D eigenvalue weighted by Gasteiger charge is 2.09. The molecule has 1 fully saturated rings. The lowest BCUT2D eigenvalue weighted by Gasteiger charge is -2.26. The van der Waals surface area contributed by atoms with Crippen LogP contribution in [0.1, 0.15) is 55.3 Å². The van der Waals surface area contributed by atoms with E-state index < -0.39 is 0 Å². The molecule has 0 atom stereocenters. The van der Waals surface area contributed by atoms with E-state index in [0.29, 0.717) is 12.0 Å². The van der Waals surface area contributed by atoms with Crippen molar-refractivity contribution in [1.82, 2.24) is 4.90 Å². The molecule has 2 heterocycles. The van der Waals surface area contributed by atoms with E-state index in [9.17, 15) is 4.79 Å². The van der Waals surface area contributed by atoms with Crippen LogP contribution in [0.2, 0.25) is 0 Å². The fourth-order valence-electron chi connectivity index (χ4n) is 2.55. The molecule has 1 saturated heterocycles. The Morgan fingerprint density at radius 3 is 2.72 bits per heavy atom. The summed E-state index contributed by atoms with van der Waals surface area (Å²) >= 11 is 0. The van der Waals surface area contributed by atoms with Crippen molar-refractivity contribution < 1.29 is 9.21 Å². The van der Waals surface area contributed by atoms with Gasteiger partial charge in [-0.15, -0.1) is 0 Å². The van der Waals surface area contributed by atoms with Crippen LogP contribution in [0.3, 0.4) is 0 Å². The van der Waals surface area contributed by atoms with Crippen molar-refractivity contribution in [3.8, 4) is 0 Å². The van der Waals surface area contributed by atoms with Crippen molar-refractivity contribution in [2.24, 2.45) is 0 Å². The molecule has 0 spiro atoms. The normalized spacial score (nSPS) is 16.9. The summed E-state index contributed by atoms with van der Waals surface area (Å²) < 4.78 is 4.91. The van der Waals surface area contributed by atoms with Crippen molar-refractivity contribution in [2.45, 2.75) is 44.9 Å². The van der Waals surface area contributed by atoms with Gasteiger partial charge in [-0.3, -0.25) is 4.79 Å². The zero-order chi connectivity index (χ0) is 12.6. The minimum Gasteiger partial charge on any atom is -0.472 e. The third kappa shape index (κ3) is 4.30. The van der Waals surface area contributed by atoms with Crippen LogP contribution >= 0.6 is 0 Å². The molecular formula is C15H23NO2. The number of Topliss-reactive ketones (excluding diaryl/α,β-unsaturated/α-hetero) is 1. The van der Waals surface area contributed by atoms with Crippen LogP contribution in [0.5, 0.6) is 0 Å². The molecule has 0 unspecified atom stereocenters. The van der Waals surface area contributed by atoms with Crippen molar-refractivity contribution in [3.05, 3.63) is 24.2 Å². The summed E-state index contributed by atoms with van der Waals surface area (Å²) in [5, 5.41) is 0. The largest absolute Gasteiger partial charge is 0.472 e. The molecule has 1 aromatic rings. The van der Waals surface area contributed by atoms with Gasteiger partial charge < -0.3 is 9.32 Å². The summed E-state index contributed by atoms with van der Waals surface area (Å²) in [6.07, 6.45) is 11.2. The first-order valence-corrected chi connectivity index (χ1v) is 7.14. The number of nitrogens with zero attached hydrogens (tertiary/aromatic N) is 1. The maximum atomic E-state index is 11.7. The highest BCUT2D eigenvalue weighted by atomic mass is 16.3. The van der Waals surface area contributed by atoms with E-state index in [1.54, 1.807) is 12.3 Å². The molecule has 0 saturated carbocycles. The lowest BCUT2D eigenvalue weighted by atomic mass is 10.1. The average Bonchev–Trinajstić information content (AvgIpc) is 2.93. The van der Waals surface area contributed by atoms with E-state index in [1.165, 1.54) is 51.6 Å². The topological polar surface area (TPSA) is 33.5 Å². The summed E-state index contributed by atoms with van der Waals surface area (Å²) in [5.74, 6) is 0.210. The zero-order valence-electron chi connectivity index (χ0n) is 11.1. The predicted octanol–water partition coefficient (Wildman–Crippen LogP) is 3.51. The van der Waals surface area contributed by atoms with Gasteiger partial charge in [-0.1, -0.05) is 12.8 Å². The highest BCUT2D eigenvalue weighted by Crippen LogP contribution is 2.12. The third-order valence-corrected chi connectivity index (χ3v) is 3.67. The zero-order valence-corrected chi connectivity index (χ0v) is 11.1. The molecule has 100 valence electrons. The second-order valence-corrected chi connectivity index (χ2v) is 5.15. The Morgan fingerprint density at radius 2 is 2.00 bits per heavy atom. The molecule has 2 rings (SSSR count). The fourth-order valence-corrected chi connectivity index (χ4v) is 2.55. The van der Waals surface area contributed by atoms with Crippen molar-refractivity contribution in [2.75, 3.05) is 19.6 Å². The van der Waals surface area contributed by atoms with E-state index in [4.69, 9.17) is 4.42 Å². The second-order valence-electron chi connectivity index (χ2n) is 5.15. The number of ketones is 1. The number of hydrogen-bond donors (Lipinski definition) is 0. The first kappa shape index (κ1) is 13.3. The molecule has 18 heavy (non-hydrogen) atoms. The van der Waals surface area contributed by atoms with E-state index in [-0.39, 0.29) is 5.78 Å². The number of hydrogen-bond acceptors (Lipinski definition) is 3. The lowest BCUT2D eigenvalue weighted by molar-refractivity contribution is 0.0978. The van der Waals surface area contributed by atoms with Gasteiger partial charge in [-0.05, 0) is 51.4 Å². The standard InChI is InChI=1S/C15H23NO2/c17-15(14-8-12-18-13-14)7-3-1-4-9-16-10-5-2-6-11-16/h8,12-13H,1-7,9-11H2. The molecule has 0 aliphatic carbocycles. The molecule has 3 heteroatoms. The summed E-state index contributed by atoms with van der Waals surface area (Å²) in [5.41, 5.74) is 0.714. The summed E-state index contributed by atoms with van der Waals surface area (Å²) in [6, 6.07) is 1.75. The van der Waals surface area contributed by atoms with Gasteiger partial charge in [-0.2, -0.15) is 0 Å². The Labute approximate surface area is 109 Å². The van der Waals surface area contributed by atoms with Crippen molar-refractivity contribution in [3.63, 3.8) is 0 Å². The number of piperidine rings is 1. The van der Waals surface area contributed by atoms with E-state index in [2.05, 4.69) is 4.90 Å². The van der Waals surface area contributed by atoms with Gasteiger partial charge in [-0.25, -0.2) is 0 Å².